The van der Waals surface area contributed by atoms with Crippen LogP contribution in [0.4, 0.5) is 0 Å². The van der Waals surface area contributed by atoms with Gasteiger partial charge in [-0.25, -0.2) is 0 Å². The zero-order valence-corrected chi connectivity index (χ0v) is 25.0. The molecule has 2 bridgehead atoms. The van der Waals surface area contributed by atoms with Crippen molar-refractivity contribution in [2.75, 3.05) is 20.2 Å². The van der Waals surface area contributed by atoms with Crippen LogP contribution in [0.25, 0.3) is 10.9 Å². The van der Waals surface area contributed by atoms with Crippen LogP contribution < -0.4 is 4.74 Å². The fraction of sp³-hybridized carbons (Fsp3) is 0.514. The number of aromatic nitrogens is 1. The Bertz CT molecular complexity index is 1320. The van der Waals surface area contributed by atoms with Crippen LogP contribution in [0.2, 0.25) is 0 Å². The number of hydrogen-bond donors (Lipinski definition) is 1. The SMILES string of the molecule is C=C[C@H]1C[N+]2(Cc3cc(C(C)(C)C)c(OC)c(C(C)(C)C)c3)CCC1C[C@H]2[C@H](O)c1ccnc2ccccc12. The molecule has 6 rings (SSSR count). The van der Waals surface area contributed by atoms with Gasteiger partial charge in [-0.15, -0.1) is 6.58 Å². The van der Waals surface area contributed by atoms with Gasteiger partial charge in [-0.1, -0.05) is 65.8 Å². The number of piperidine rings is 3. The fourth-order valence-corrected chi connectivity index (χ4v) is 7.44. The number of pyridine rings is 1. The molecule has 3 aliphatic heterocycles. The molecule has 1 aromatic heterocycles. The van der Waals surface area contributed by atoms with Gasteiger partial charge in [0.25, 0.3) is 0 Å². The molecule has 3 aliphatic rings. The van der Waals surface area contributed by atoms with Crippen molar-refractivity contribution in [1.29, 1.82) is 0 Å². The van der Waals surface area contributed by atoms with Crippen molar-refractivity contribution in [1.82, 2.24) is 4.98 Å². The predicted molar refractivity (Wildman–Crippen MR) is 161 cm³/mol. The van der Waals surface area contributed by atoms with Gasteiger partial charge in [0.1, 0.15) is 24.4 Å². The van der Waals surface area contributed by atoms with Crippen LogP contribution in [0.1, 0.15) is 82.7 Å². The van der Waals surface area contributed by atoms with Crippen molar-refractivity contribution < 1.29 is 14.3 Å². The molecule has 2 aromatic carbocycles. The molecule has 0 radical (unpaired) electrons. The normalized spacial score (nSPS) is 26.0. The van der Waals surface area contributed by atoms with Crippen LogP contribution in [-0.2, 0) is 17.4 Å². The van der Waals surface area contributed by atoms with E-state index >= 15 is 0 Å². The van der Waals surface area contributed by atoms with E-state index < -0.39 is 6.10 Å². The first kappa shape index (κ1) is 27.9. The third kappa shape index (κ3) is 5.02. The van der Waals surface area contributed by atoms with E-state index in [1.54, 1.807) is 7.11 Å². The largest absolute Gasteiger partial charge is 0.496 e. The van der Waals surface area contributed by atoms with E-state index in [4.69, 9.17) is 4.74 Å². The molecule has 3 saturated heterocycles. The number of benzene rings is 2. The zero-order valence-electron chi connectivity index (χ0n) is 25.0. The molecule has 5 atom stereocenters. The third-order valence-corrected chi connectivity index (χ3v) is 9.51. The van der Waals surface area contributed by atoms with E-state index in [-0.39, 0.29) is 16.9 Å². The highest BCUT2D eigenvalue weighted by Crippen LogP contribution is 2.49. The highest BCUT2D eigenvalue weighted by atomic mass is 16.5. The Hall–Kier alpha value is -2.69. The minimum atomic E-state index is -0.547. The number of fused-ring (bicyclic) bond motifs is 4. The van der Waals surface area contributed by atoms with Crippen LogP contribution >= 0.6 is 0 Å². The van der Waals surface area contributed by atoms with Gasteiger partial charge in [0.2, 0.25) is 0 Å². The fourth-order valence-electron chi connectivity index (χ4n) is 7.44. The predicted octanol–water partition coefficient (Wildman–Crippen LogP) is 7.48. The van der Waals surface area contributed by atoms with Crippen molar-refractivity contribution in [2.24, 2.45) is 11.8 Å². The second-order valence-corrected chi connectivity index (χ2v) is 14.1. The number of methoxy groups -OCH3 is 1. The number of para-hydroxylation sites is 1. The van der Waals surface area contributed by atoms with Gasteiger partial charge < -0.3 is 14.3 Å². The summed E-state index contributed by atoms with van der Waals surface area (Å²) < 4.78 is 6.96. The molecule has 3 aromatic rings. The first-order valence-corrected chi connectivity index (χ1v) is 14.6. The Morgan fingerprint density at radius 1 is 1.08 bits per heavy atom. The molecule has 39 heavy (non-hydrogen) atoms. The molecule has 1 N–H and O–H groups in total. The Morgan fingerprint density at radius 3 is 2.36 bits per heavy atom. The highest BCUT2D eigenvalue weighted by Gasteiger charge is 2.54. The maximum atomic E-state index is 12.1. The average Bonchev–Trinajstić information content (AvgIpc) is 2.90. The second-order valence-electron chi connectivity index (χ2n) is 14.1. The van der Waals surface area contributed by atoms with E-state index in [1.165, 1.54) is 23.1 Å². The quantitative estimate of drug-likeness (QED) is 0.267. The summed E-state index contributed by atoms with van der Waals surface area (Å²) in [5, 5.41) is 13.2. The molecule has 0 aliphatic carbocycles. The smallest absolute Gasteiger partial charge is 0.131 e. The maximum Gasteiger partial charge on any atom is 0.131 e. The lowest BCUT2D eigenvalue weighted by Crippen LogP contribution is -2.67. The van der Waals surface area contributed by atoms with E-state index in [9.17, 15) is 5.11 Å². The monoisotopic (exact) mass is 527 g/mol. The standard InChI is InChI=1S/C35H47N2O2/c1-9-24-22-37(21-23-18-28(34(2,3)4)33(39-8)29(19-23)35(5,6)7)17-15-25(24)20-31(37)32(38)27-14-16-36-30-13-11-10-12-26(27)30/h9-14,16,18-19,24-25,31-32,38H,1,15,17,20-22H2,2-8H3/q+1/t24-,25?,31-,32+,37?/m0/s1. The molecule has 208 valence electrons. The Morgan fingerprint density at radius 2 is 1.74 bits per heavy atom. The number of hydrogen-bond acceptors (Lipinski definition) is 3. The molecule has 2 unspecified atom stereocenters. The number of aliphatic hydroxyl groups excluding tert-OH is 1. The Labute approximate surface area is 235 Å². The van der Waals surface area contributed by atoms with E-state index in [2.05, 4.69) is 77.4 Å². The molecular formula is C35H47N2O2+. The van der Waals surface area contributed by atoms with Crippen molar-refractivity contribution in [3.05, 3.63) is 83.6 Å². The number of aliphatic hydroxyl groups is 1. The minimum absolute atomic E-state index is 0.0469. The summed E-state index contributed by atoms with van der Waals surface area (Å²) in [6, 6.07) is 15.1. The summed E-state index contributed by atoms with van der Waals surface area (Å²) in [7, 11) is 1.80. The van der Waals surface area contributed by atoms with E-state index in [0.717, 1.165) is 52.8 Å². The van der Waals surface area contributed by atoms with Gasteiger partial charge in [-0.2, -0.15) is 0 Å². The summed E-state index contributed by atoms with van der Waals surface area (Å²) in [4.78, 5) is 4.57. The van der Waals surface area contributed by atoms with E-state index in [0.29, 0.717) is 11.8 Å². The lowest BCUT2D eigenvalue weighted by atomic mass is 9.70. The summed E-state index contributed by atoms with van der Waals surface area (Å²) in [6.45, 7) is 20.9. The highest BCUT2D eigenvalue weighted by molar-refractivity contribution is 5.82. The van der Waals surface area contributed by atoms with Crippen molar-refractivity contribution in [3.8, 4) is 5.75 Å². The molecule has 4 heterocycles. The van der Waals surface area contributed by atoms with Crippen molar-refractivity contribution in [2.45, 2.75) is 83.9 Å². The second kappa shape index (κ2) is 10.1. The molecule has 4 heteroatoms. The van der Waals surface area contributed by atoms with E-state index in [1.807, 2.05) is 30.5 Å². The average molecular weight is 528 g/mol. The van der Waals surface area contributed by atoms with Gasteiger partial charge in [-0.3, -0.25) is 4.98 Å². The van der Waals surface area contributed by atoms with Gasteiger partial charge in [0.15, 0.2) is 0 Å². The first-order chi connectivity index (χ1) is 18.4. The summed E-state index contributed by atoms with van der Waals surface area (Å²) in [6.07, 6.45) is 5.68. The topological polar surface area (TPSA) is 42.4 Å². The summed E-state index contributed by atoms with van der Waals surface area (Å²) in [5.41, 5.74) is 5.71. The third-order valence-electron chi connectivity index (χ3n) is 9.51. The van der Waals surface area contributed by atoms with Crippen LogP contribution in [0.5, 0.6) is 5.75 Å². The van der Waals surface area contributed by atoms with Gasteiger partial charge in [-0.05, 0) is 46.6 Å². The summed E-state index contributed by atoms with van der Waals surface area (Å²) in [5.74, 6) is 2.08. The first-order valence-electron chi connectivity index (χ1n) is 14.6. The van der Waals surface area contributed by atoms with Gasteiger partial charge >= 0.3 is 0 Å². The number of ether oxygens (including phenoxy) is 1. The molecular weight excluding hydrogens is 480 g/mol. The Kier molecular flexibility index (Phi) is 7.18. The summed E-state index contributed by atoms with van der Waals surface area (Å²) >= 11 is 0. The van der Waals surface area contributed by atoms with Crippen LogP contribution in [0.15, 0.2) is 61.3 Å². The lowest BCUT2D eigenvalue weighted by molar-refractivity contribution is -0.984. The number of nitrogens with zero attached hydrogens (tertiary/aromatic N) is 2. The van der Waals surface area contributed by atoms with Crippen LogP contribution in [0.3, 0.4) is 0 Å². The lowest BCUT2D eigenvalue weighted by Gasteiger charge is -2.58. The van der Waals surface area contributed by atoms with Crippen molar-refractivity contribution >= 4 is 10.9 Å². The van der Waals surface area contributed by atoms with Gasteiger partial charge in [0, 0.05) is 47.0 Å². The molecule has 0 saturated carbocycles. The molecule has 3 fully saturated rings. The maximum absolute atomic E-state index is 12.1. The number of rotatable bonds is 6. The van der Waals surface area contributed by atoms with Crippen LogP contribution in [-0.4, -0.2) is 40.8 Å². The molecule has 0 amide bonds. The van der Waals surface area contributed by atoms with Crippen molar-refractivity contribution in [3.63, 3.8) is 0 Å². The zero-order chi connectivity index (χ0) is 28.2. The minimum Gasteiger partial charge on any atom is -0.496 e. The molecule has 0 spiro atoms. The Balaban J connectivity index is 1.62. The number of quaternary nitrogens is 1. The molecule has 4 nitrogen and oxygen atoms in total. The van der Waals surface area contributed by atoms with Crippen LogP contribution in [0, 0.1) is 11.8 Å². The van der Waals surface area contributed by atoms with Gasteiger partial charge in [0.05, 0.1) is 25.7 Å².